The summed E-state index contributed by atoms with van der Waals surface area (Å²) in [6.07, 6.45) is 6.50. The molecule has 158 valence electrons. The second-order valence-electron chi connectivity index (χ2n) is 8.15. The number of esters is 1. The fourth-order valence-electron chi connectivity index (χ4n) is 4.00. The Morgan fingerprint density at radius 3 is 2.76 bits per heavy atom. The first-order valence-electron chi connectivity index (χ1n) is 10.6. The third-order valence-electron chi connectivity index (χ3n) is 5.55. The molecule has 29 heavy (non-hydrogen) atoms. The second-order valence-corrected chi connectivity index (χ2v) is 8.15. The average Bonchev–Trinajstić information content (AvgIpc) is 3.18. The van der Waals surface area contributed by atoms with Crippen molar-refractivity contribution in [1.82, 2.24) is 14.7 Å². The standard InChI is InChI=1S/C23H33N3O3/c1-4-28-22(27)23(12-14-29-21-9-6-5-7-10-21)11-8-13-25(18-23)16-20-15-24-26(17-20)19(2)3/h5-7,9-10,15,17,19H,4,8,11-14,16,18H2,1-3H3/t23-/m1/s1. The van der Waals surface area contributed by atoms with Gasteiger partial charge in [-0.2, -0.15) is 5.10 Å². The van der Waals surface area contributed by atoms with E-state index in [4.69, 9.17) is 9.47 Å². The van der Waals surface area contributed by atoms with Crippen LogP contribution in [0.15, 0.2) is 42.7 Å². The quantitative estimate of drug-likeness (QED) is 0.595. The summed E-state index contributed by atoms with van der Waals surface area (Å²) in [6.45, 7) is 9.49. The van der Waals surface area contributed by atoms with Gasteiger partial charge in [-0.25, -0.2) is 0 Å². The molecular formula is C23H33N3O3. The van der Waals surface area contributed by atoms with Crippen LogP contribution in [0.1, 0.15) is 51.6 Å². The summed E-state index contributed by atoms with van der Waals surface area (Å²) in [5.41, 5.74) is 0.663. The fraction of sp³-hybridized carbons (Fsp3) is 0.565. The molecule has 0 unspecified atom stereocenters. The second kappa shape index (κ2) is 9.92. The molecule has 6 nitrogen and oxygen atoms in total. The third-order valence-corrected chi connectivity index (χ3v) is 5.55. The largest absolute Gasteiger partial charge is 0.494 e. The van der Waals surface area contributed by atoms with Gasteiger partial charge in [0.2, 0.25) is 0 Å². The van der Waals surface area contributed by atoms with Crippen LogP contribution in [0.4, 0.5) is 0 Å². The predicted molar refractivity (Wildman–Crippen MR) is 113 cm³/mol. The number of hydrogen-bond acceptors (Lipinski definition) is 5. The van der Waals surface area contributed by atoms with E-state index in [-0.39, 0.29) is 5.97 Å². The molecule has 0 N–H and O–H groups in total. The molecular weight excluding hydrogens is 366 g/mol. The van der Waals surface area contributed by atoms with Crippen molar-refractivity contribution in [3.63, 3.8) is 0 Å². The molecule has 1 saturated heterocycles. The smallest absolute Gasteiger partial charge is 0.313 e. The van der Waals surface area contributed by atoms with E-state index in [1.165, 1.54) is 5.56 Å². The molecule has 1 aliphatic rings. The number of ether oxygens (including phenoxy) is 2. The zero-order chi connectivity index (χ0) is 20.7. The number of benzene rings is 1. The van der Waals surface area contributed by atoms with Crippen molar-refractivity contribution >= 4 is 5.97 Å². The summed E-state index contributed by atoms with van der Waals surface area (Å²) in [4.78, 5) is 15.3. The minimum atomic E-state index is -0.517. The zero-order valence-electron chi connectivity index (χ0n) is 17.8. The summed E-state index contributed by atoms with van der Waals surface area (Å²) in [5, 5.41) is 4.44. The number of piperidine rings is 1. The maximum absolute atomic E-state index is 12.9. The lowest BCUT2D eigenvalue weighted by molar-refractivity contribution is -0.160. The van der Waals surface area contributed by atoms with Crippen molar-refractivity contribution in [3.8, 4) is 5.75 Å². The number of carbonyl (C=O) groups excluding carboxylic acids is 1. The Kier molecular flexibility index (Phi) is 7.31. The van der Waals surface area contributed by atoms with Gasteiger partial charge in [-0.3, -0.25) is 14.4 Å². The van der Waals surface area contributed by atoms with Crippen LogP contribution < -0.4 is 4.74 Å². The highest BCUT2D eigenvalue weighted by Crippen LogP contribution is 2.36. The van der Waals surface area contributed by atoms with E-state index in [0.29, 0.717) is 32.2 Å². The Balaban J connectivity index is 1.66. The Morgan fingerprint density at radius 1 is 1.28 bits per heavy atom. The number of likely N-dealkylation sites (tertiary alicyclic amines) is 1. The minimum Gasteiger partial charge on any atom is -0.494 e. The van der Waals surface area contributed by atoms with E-state index in [9.17, 15) is 4.79 Å². The first-order chi connectivity index (χ1) is 14.0. The normalized spacial score (nSPS) is 20.0. The molecule has 1 aromatic carbocycles. The molecule has 0 spiro atoms. The van der Waals surface area contributed by atoms with Gasteiger partial charge in [-0.1, -0.05) is 18.2 Å². The van der Waals surface area contributed by atoms with Gasteiger partial charge in [0.1, 0.15) is 5.75 Å². The molecule has 0 bridgehead atoms. The van der Waals surface area contributed by atoms with Crippen LogP contribution in [-0.2, 0) is 16.1 Å². The van der Waals surface area contributed by atoms with Crippen LogP contribution >= 0.6 is 0 Å². The minimum absolute atomic E-state index is 0.0979. The van der Waals surface area contributed by atoms with Crippen molar-refractivity contribution in [1.29, 1.82) is 0 Å². The van der Waals surface area contributed by atoms with Crippen molar-refractivity contribution in [2.24, 2.45) is 5.41 Å². The van der Waals surface area contributed by atoms with Crippen LogP contribution in [0.3, 0.4) is 0 Å². The highest BCUT2D eigenvalue weighted by atomic mass is 16.5. The maximum atomic E-state index is 12.9. The number of hydrogen-bond donors (Lipinski definition) is 0. The van der Waals surface area contributed by atoms with E-state index < -0.39 is 5.41 Å². The topological polar surface area (TPSA) is 56.6 Å². The summed E-state index contributed by atoms with van der Waals surface area (Å²) in [6, 6.07) is 10.1. The van der Waals surface area contributed by atoms with Crippen molar-refractivity contribution in [3.05, 3.63) is 48.3 Å². The molecule has 2 aromatic rings. The van der Waals surface area contributed by atoms with Gasteiger partial charge in [-0.05, 0) is 58.7 Å². The molecule has 1 atom stereocenters. The fourth-order valence-corrected chi connectivity index (χ4v) is 4.00. The SMILES string of the molecule is CCOC(=O)[C@@]1(CCOc2ccccc2)CCCN(Cc2cnn(C(C)C)c2)C1. The molecule has 0 amide bonds. The van der Waals surface area contributed by atoms with E-state index in [1.807, 2.05) is 48.1 Å². The van der Waals surface area contributed by atoms with E-state index in [1.54, 1.807) is 0 Å². The van der Waals surface area contributed by atoms with Crippen LogP contribution in [0.25, 0.3) is 0 Å². The Bertz CT molecular complexity index is 775. The van der Waals surface area contributed by atoms with Gasteiger partial charge in [0.15, 0.2) is 0 Å². The van der Waals surface area contributed by atoms with Gasteiger partial charge in [0.25, 0.3) is 0 Å². The number of para-hydroxylation sites is 1. The van der Waals surface area contributed by atoms with Crippen molar-refractivity contribution in [2.75, 3.05) is 26.3 Å². The molecule has 1 aliphatic heterocycles. The first-order valence-corrected chi connectivity index (χ1v) is 10.6. The molecule has 2 heterocycles. The van der Waals surface area contributed by atoms with Crippen LogP contribution in [-0.4, -0.2) is 47.0 Å². The monoisotopic (exact) mass is 399 g/mol. The molecule has 0 saturated carbocycles. The van der Waals surface area contributed by atoms with Gasteiger partial charge in [0.05, 0.1) is 24.8 Å². The number of nitrogens with zero attached hydrogens (tertiary/aromatic N) is 3. The van der Waals surface area contributed by atoms with Crippen LogP contribution in [0.5, 0.6) is 5.75 Å². The summed E-state index contributed by atoms with van der Waals surface area (Å²) in [7, 11) is 0. The molecule has 6 heteroatoms. The molecule has 1 fully saturated rings. The van der Waals surface area contributed by atoms with Gasteiger partial charge < -0.3 is 9.47 Å². The van der Waals surface area contributed by atoms with E-state index in [2.05, 4.69) is 30.0 Å². The van der Waals surface area contributed by atoms with Gasteiger partial charge in [-0.15, -0.1) is 0 Å². The third kappa shape index (κ3) is 5.60. The van der Waals surface area contributed by atoms with Gasteiger partial charge >= 0.3 is 5.97 Å². The molecule has 3 rings (SSSR count). The van der Waals surface area contributed by atoms with E-state index in [0.717, 1.165) is 31.7 Å². The average molecular weight is 400 g/mol. The summed E-state index contributed by atoms with van der Waals surface area (Å²) >= 11 is 0. The van der Waals surface area contributed by atoms with Crippen LogP contribution in [0, 0.1) is 5.41 Å². The molecule has 0 radical (unpaired) electrons. The summed E-state index contributed by atoms with van der Waals surface area (Å²) in [5.74, 6) is 0.736. The lowest BCUT2D eigenvalue weighted by atomic mass is 9.77. The number of aromatic nitrogens is 2. The highest BCUT2D eigenvalue weighted by Gasteiger charge is 2.43. The molecule has 1 aromatic heterocycles. The van der Waals surface area contributed by atoms with Crippen molar-refractivity contribution < 1.29 is 14.3 Å². The van der Waals surface area contributed by atoms with Crippen molar-refractivity contribution in [2.45, 2.75) is 52.6 Å². The van der Waals surface area contributed by atoms with E-state index >= 15 is 0 Å². The molecule has 0 aliphatic carbocycles. The highest BCUT2D eigenvalue weighted by molar-refractivity contribution is 5.77. The first kappa shape index (κ1) is 21.4. The number of rotatable bonds is 9. The zero-order valence-corrected chi connectivity index (χ0v) is 17.8. The van der Waals surface area contributed by atoms with Gasteiger partial charge in [0, 0.05) is 30.9 Å². The number of carbonyl (C=O) groups is 1. The lowest BCUT2D eigenvalue weighted by Crippen LogP contribution is -2.49. The predicted octanol–water partition coefficient (Wildman–Crippen LogP) is 4.08. The maximum Gasteiger partial charge on any atom is 0.313 e. The van der Waals surface area contributed by atoms with Crippen LogP contribution in [0.2, 0.25) is 0 Å². The Hall–Kier alpha value is -2.34. The Morgan fingerprint density at radius 2 is 2.07 bits per heavy atom. The lowest BCUT2D eigenvalue weighted by Gasteiger charge is -2.40. The Labute approximate surface area is 173 Å². The summed E-state index contributed by atoms with van der Waals surface area (Å²) < 4.78 is 13.4.